The lowest BCUT2D eigenvalue weighted by Crippen LogP contribution is -2.38. The molecule has 0 radical (unpaired) electrons. The Balaban J connectivity index is 1.65. The average Bonchev–Trinajstić information content (AvgIpc) is 2.62. The van der Waals surface area contributed by atoms with Gasteiger partial charge >= 0.3 is 0 Å². The maximum Gasteiger partial charge on any atom is 0.185 e. The Morgan fingerprint density at radius 1 is 1.20 bits per heavy atom. The number of sulfone groups is 1. The van der Waals surface area contributed by atoms with E-state index >= 15 is 0 Å². The highest BCUT2D eigenvalue weighted by molar-refractivity contribution is 7.90. The lowest BCUT2D eigenvalue weighted by molar-refractivity contribution is 0.0806. The number of hydrogen-bond donors (Lipinski definition) is 0. The first-order valence-corrected chi connectivity index (χ1v) is 10.3. The Hall–Kier alpha value is -2.05. The smallest absolute Gasteiger partial charge is 0.185 e. The molecule has 1 fully saturated rings. The minimum absolute atomic E-state index is 0.0288. The fourth-order valence-electron chi connectivity index (χ4n) is 3.23. The number of hydrogen-bond acceptors (Lipinski definition) is 5. The molecule has 0 saturated carbocycles. The molecule has 3 rings (SSSR count). The molecule has 1 aliphatic heterocycles. The lowest BCUT2D eigenvalue weighted by atomic mass is 9.91. The van der Waals surface area contributed by atoms with Crippen molar-refractivity contribution < 1.29 is 13.2 Å². The van der Waals surface area contributed by atoms with Crippen molar-refractivity contribution in [1.82, 2.24) is 9.88 Å². The summed E-state index contributed by atoms with van der Waals surface area (Å²) in [6.07, 6.45) is 4.72. The largest absolute Gasteiger partial charge is 0.298 e. The van der Waals surface area contributed by atoms with Crippen LogP contribution in [0.25, 0.3) is 0 Å². The SMILES string of the molecule is CS(=O)(=O)c1ccc(CN2CCC[C@H](C(=O)c3ccccn3)C2)cc1. The van der Waals surface area contributed by atoms with Crippen molar-refractivity contribution >= 4 is 15.6 Å². The number of aromatic nitrogens is 1. The molecule has 2 aromatic rings. The summed E-state index contributed by atoms with van der Waals surface area (Å²) < 4.78 is 23.1. The van der Waals surface area contributed by atoms with E-state index in [1.807, 2.05) is 24.3 Å². The van der Waals surface area contributed by atoms with Gasteiger partial charge in [0.15, 0.2) is 15.6 Å². The monoisotopic (exact) mass is 358 g/mol. The molecule has 0 amide bonds. The third kappa shape index (κ3) is 4.52. The van der Waals surface area contributed by atoms with Crippen LogP contribution in [0.3, 0.4) is 0 Å². The molecular weight excluding hydrogens is 336 g/mol. The second-order valence-corrected chi connectivity index (χ2v) is 8.59. The Kier molecular flexibility index (Phi) is 5.30. The van der Waals surface area contributed by atoms with E-state index in [0.29, 0.717) is 17.1 Å². The Bertz CT molecular complexity index is 833. The van der Waals surface area contributed by atoms with Crippen LogP contribution in [0.1, 0.15) is 28.9 Å². The maximum atomic E-state index is 12.6. The summed E-state index contributed by atoms with van der Waals surface area (Å²) in [7, 11) is -3.17. The van der Waals surface area contributed by atoms with Crippen LogP contribution >= 0.6 is 0 Å². The predicted molar refractivity (Wildman–Crippen MR) is 96.1 cm³/mol. The molecular formula is C19H22N2O3S. The van der Waals surface area contributed by atoms with Crippen LogP contribution in [0, 0.1) is 5.92 Å². The summed E-state index contributed by atoms with van der Waals surface area (Å²) in [5.41, 5.74) is 1.59. The molecule has 132 valence electrons. The van der Waals surface area contributed by atoms with E-state index in [1.54, 1.807) is 24.4 Å². The van der Waals surface area contributed by atoms with Gasteiger partial charge in [-0.05, 0) is 49.2 Å². The first-order valence-electron chi connectivity index (χ1n) is 8.40. The highest BCUT2D eigenvalue weighted by Gasteiger charge is 2.27. The molecule has 6 heteroatoms. The van der Waals surface area contributed by atoms with Crippen LogP contribution in [0.4, 0.5) is 0 Å². The highest BCUT2D eigenvalue weighted by atomic mass is 32.2. The zero-order valence-corrected chi connectivity index (χ0v) is 15.1. The summed E-state index contributed by atoms with van der Waals surface area (Å²) >= 11 is 0. The molecule has 0 unspecified atom stereocenters. The molecule has 5 nitrogen and oxygen atoms in total. The number of pyridine rings is 1. The average molecular weight is 358 g/mol. The lowest BCUT2D eigenvalue weighted by Gasteiger charge is -2.31. The van der Waals surface area contributed by atoms with Crippen molar-refractivity contribution in [2.75, 3.05) is 19.3 Å². The van der Waals surface area contributed by atoms with Gasteiger partial charge in [-0.3, -0.25) is 14.7 Å². The Morgan fingerprint density at radius 2 is 1.96 bits per heavy atom. The number of carbonyl (C=O) groups excluding carboxylic acids is 1. The van der Waals surface area contributed by atoms with Gasteiger partial charge in [0.1, 0.15) is 5.69 Å². The van der Waals surface area contributed by atoms with Gasteiger partial charge in [0.05, 0.1) is 4.90 Å². The summed E-state index contributed by atoms with van der Waals surface area (Å²) in [4.78, 5) is 19.4. The molecule has 0 bridgehead atoms. The van der Waals surface area contributed by atoms with Gasteiger partial charge in [0, 0.05) is 31.5 Å². The van der Waals surface area contributed by atoms with E-state index in [9.17, 15) is 13.2 Å². The standard InChI is InChI=1S/C19H22N2O3S/c1-25(23,24)17-9-7-15(8-10-17)13-21-12-4-5-16(14-21)19(22)18-6-2-3-11-20-18/h2-3,6-11,16H,4-5,12-14H2,1H3/t16-/m0/s1. The molecule has 0 N–H and O–H groups in total. The number of ketones is 1. The Labute approximate surface area is 148 Å². The van der Waals surface area contributed by atoms with E-state index in [-0.39, 0.29) is 11.7 Å². The van der Waals surface area contributed by atoms with E-state index in [4.69, 9.17) is 0 Å². The second-order valence-electron chi connectivity index (χ2n) is 6.57. The number of Topliss-reactive ketones (excluding diaryl/α,β-unsaturated/α-hetero) is 1. The Morgan fingerprint density at radius 3 is 2.60 bits per heavy atom. The molecule has 0 spiro atoms. The maximum absolute atomic E-state index is 12.6. The topological polar surface area (TPSA) is 67.3 Å². The molecule has 1 saturated heterocycles. The van der Waals surface area contributed by atoms with Crippen LogP contribution in [0.15, 0.2) is 53.6 Å². The van der Waals surface area contributed by atoms with Crippen molar-refractivity contribution in [2.45, 2.75) is 24.3 Å². The first-order chi connectivity index (χ1) is 11.9. The van der Waals surface area contributed by atoms with Gasteiger partial charge in [-0.2, -0.15) is 0 Å². The molecule has 2 heterocycles. The summed E-state index contributed by atoms with van der Waals surface area (Å²) in [6, 6.07) is 12.4. The normalized spacial score (nSPS) is 18.8. The van der Waals surface area contributed by atoms with E-state index < -0.39 is 9.84 Å². The number of rotatable bonds is 5. The van der Waals surface area contributed by atoms with Gasteiger partial charge in [-0.15, -0.1) is 0 Å². The minimum atomic E-state index is -3.17. The quantitative estimate of drug-likeness (QED) is 0.769. The highest BCUT2D eigenvalue weighted by Crippen LogP contribution is 2.22. The third-order valence-corrected chi connectivity index (χ3v) is 5.68. The number of benzene rings is 1. The van der Waals surface area contributed by atoms with Crippen LogP contribution in [0.2, 0.25) is 0 Å². The van der Waals surface area contributed by atoms with Crippen molar-refractivity contribution in [3.05, 3.63) is 59.9 Å². The number of nitrogens with zero attached hydrogens (tertiary/aromatic N) is 2. The van der Waals surface area contributed by atoms with Crippen LogP contribution in [-0.4, -0.2) is 43.4 Å². The minimum Gasteiger partial charge on any atom is -0.298 e. The fraction of sp³-hybridized carbons (Fsp3) is 0.368. The molecule has 1 aromatic carbocycles. The molecule has 1 aliphatic rings. The second kappa shape index (κ2) is 7.45. The van der Waals surface area contributed by atoms with Gasteiger partial charge in [0.25, 0.3) is 0 Å². The predicted octanol–water partition coefficient (Wildman–Crippen LogP) is 2.58. The van der Waals surface area contributed by atoms with Crippen LogP contribution < -0.4 is 0 Å². The van der Waals surface area contributed by atoms with E-state index in [0.717, 1.165) is 31.5 Å². The number of likely N-dealkylation sites (tertiary alicyclic amines) is 1. The number of carbonyl (C=O) groups is 1. The molecule has 0 aliphatic carbocycles. The third-order valence-electron chi connectivity index (χ3n) is 4.55. The van der Waals surface area contributed by atoms with Crippen LogP contribution in [0.5, 0.6) is 0 Å². The number of piperidine rings is 1. The van der Waals surface area contributed by atoms with Crippen molar-refractivity contribution in [3.8, 4) is 0 Å². The van der Waals surface area contributed by atoms with Gasteiger partial charge < -0.3 is 0 Å². The van der Waals surface area contributed by atoms with Crippen molar-refractivity contribution in [2.24, 2.45) is 5.92 Å². The fourth-order valence-corrected chi connectivity index (χ4v) is 3.86. The van der Waals surface area contributed by atoms with Gasteiger partial charge in [-0.25, -0.2) is 8.42 Å². The van der Waals surface area contributed by atoms with Gasteiger partial charge in [0.2, 0.25) is 0 Å². The van der Waals surface area contributed by atoms with Crippen molar-refractivity contribution in [1.29, 1.82) is 0 Å². The zero-order valence-electron chi connectivity index (χ0n) is 14.3. The molecule has 25 heavy (non-hydrogen) atoms. The van der Waals surface area contributed by atoms with Gasteiger partial charge in [-0.1, -0.05) is 18.2 Å². The molecule has 1 aromatic heterocycles. The van der Waals surface area contributed by atoms with Crippen LogP contribution in [-0.2, 0) is 16.4 Å². The first kappa shape index (κ1) is 17.8. The van der Waals surface area contributed by atoms with E-state index in [1.165, 1.54) is 6.26 Å². The summed E-state index contributed by atoms with van der Waals surface area (Å²) in [6.45, 7) is 2.37. The van der Waals surface area contributed by atoms with E-state index in [2.05, 4.69) is 9.88 Å². The summed E-state index contributed by atoms with van der Waals surface area (Å²) in [5.74, 6) is 0.0802. The summed E-state index contributed by atoms with van der Waals surface area (Å²) in [5, 5.41) is 0. The molecule has 1 atom stereocenters. The zero-order chi connectivity index (χ0) is 17.9. The van der Waals surface area contributed by atoms with Crippen molar-refractivity contribution in [3.63, 3.8) is 0 Å².